The molecule has 0 atom stereocenters. The molecule has 2 N–H and O–H groups in total. The minimum Gasteiger partial charge on any atom is -0.330 e. The lowest BCUT2D eigenvalue weighted by Gasteiger charge is -2.06. The molecule has 3 heterocycles. The van der Waals surface area contributed by atoms with Crippen LogP contribution in [-0.4, -0.2) is 30.9 Å². The zero-order valence-corrected chi connectivity index (χ0v) is 12.2. The predicted molar refractivity (Wildman–Crippen MR) is 81.9 cm³/mol. The van der Waals surface area contributed by atoms with E-state index in [9.17, 15) is 0 Å². The van der Waals surface area contributed by atoms with Crippen molar-refractivity contribution in [1.29, 1.82) is 0 Å². The maximum Gasteiger partial charge on any atom is 0.146 e. The van der Waals surface area contributed by atoms with Crippen molar-refractivity contribution < 1.29 is 0 Å². The van der Waals surface area contributed by atoms with Gasteiger partial charge in [-0.15, -0.1) is 0 Å². The van der Waals surface area contributed by atoms with Gasteiger partial charge in [-0.25, -0.2) is 14.6 Å². The molecule has 6 heteroatoms. The Balaban J connectivity index is 1.98. The minimum absolute atomic E-state index is 0.639. The van der Waals surface area contributed by atoms with Crippen LogP contribution in [-0.2, 0) is 19.5 Å². The lowest BCUT2D eigenvalue weighted by Crippen LogP contribution is -2.10. The fraction of sp³-hybridized carbons (Fsp3) is 0.400. The van der Waals surface area contributed by atoms with Gasteiger partial charge in [0.15, 0.2) is 0 Å². The summed E-state index contributed by atoms with van der Waals surface area (Å²) in [5, 5.41) is 5.45. The van der Waals surface area contributed by atoms with Crippen molar-refractivity contribution in [3.8, 4) is 0 Å². The highest BCUT2D eigenvalue weighted by atomic mass is 15.3. The molecule has 3 rings (SSSR count). The Labute approximate surface area is 123 Å². The molecule has 3 aromatic heterocycles. The van der Waals surface area contributed by atoms with Crippen LogP contribution in [0.2, 0.25) is 0 Å². The summed E-state index contributed by atoms with van der Waals surface area (Å²) in [6.07, 6.45) is 7.47. The van der Waals surface area contributed by atoms with Gasteiger partial charge < -0.3 is 10.3 Å². The average molecular weight is 284 g/mol. The molecule has 0 aliphatic carbocycles. The van der Waals surface area contributed by atoms with Crippen LogP contribution in [0.15, 0.2) is 30.9 Å². The van der Waals surface area contributed by atoms with E-state index in [0.717, 1.165) is 30.9 Å². The van der Waals surface area contributed by atoms with Gasteiger partial charge in [-0.05, 0) is 37.1 Å². The largest absolute Gasteiger partial charge is 0.330 e. The third-order valence-corrected chi connectivity index (χ3v) is 3.57. The summed E-state index contributed by atoms with van der Waals surface area (Å²) < 4.78 is 4.09. The Hall–Kier alpha value is -2.21. The van der Waals surface area contributed by atoms with Crippen LogP contribution in [0, 0.1) is 0 Å². The molecule has 0 saturated heterocycles. The lowest BCUT2D eigenvalue weighted by molar-refractivity contribution is 0.556. The van der Waals surface area contributed by atoms with Gasteiger partial charge in [-0.1, -0.05) is 6.92 Å². The maximum absolute atomic E-state index is 5.70. The molecule has 0 amide bonds. The lowest BCUT2D eigenvalue weighted by atomic mass is 10.2. The smallest absolute Gasteiger partial charge is 0.146 e. The number of pyridine rings is 1. The summed E-state index contributed by atoms with van der Waals surface area (Å²) in [6.45, 7) is 4.34. The van der Waals surface area contributed by atoms with Crippen molar-refractivity contribution in [3.63, 3.8) is 0 Å². The highest BCUT2D eigenvalue weighted by molar-refractivity contribution is 5.80. The van der Waals surface area contributed by atoms with Gasteiger partial charge in [0.25, 0.3) is 0 Å². The number of aryl methyl sites for hydroxylation is 1. The number of rotatable bonds is 6. The van der Waals surface area contributed by atoms with Gasteiger partial charge in [-0.2, -0.15) is 5.10 Å². The molecule has 110 valence electrons. The molecular weight excluding hydrogens is 264 g/mol. The fourth-order valence-corrected chi connectivity index (χ4v) is 2.63. The van der Waals surface area contributed by atoms with Gasteiger partial charge in [-0.3, -0.25) is 0 Å². The number of aromatic nitrogens is 5. The van der Waals surface area contributed by atoms with Crippen molar-refractivity contribution in [2.75, 3.05) is 6.54 Å². The summed E-state index contributed by atoms with van der Waals surface area (Å²) in [7, 11) is 0. The van der Waals surface area contributed by atoms with Gasteiger partial charge in [0.05, 0.1) is 6.54 Å². The average Bonchev–Trinajstić information content (AvgIpc) is 3.07. The molecule has 0 aromatic carbocycles. The number of fused-ring (bicyclic) bond motifs is 1. The van der Waals surface area contributed by atoms with Gasteiger partial charge in [0.2, 0.25) is 0 Å². The first-order chi connectivity index (χ1) is 10.3. The number of nitrogens with two attached hydrogens (primary N) is 1. The molecule has 3 aromatic rings. The second-order valence-electron chi connectivity index (χ2n) is 5.09. The van der Waals surface area contributed by atoms with E-state index in [1.165, 1.54) is 10.9 Å². The van der Waals surface area contributed by atoms with Crippen molar-refractivity contribution in [3.05, 3.63) is 42.2 Å². The molecular formula is C15H20N6. The number of hydrogen-bond donors (Lipinski definition) is 1. The SMILES string of the molecule is CCCn1ncnc1Cn1cc(CCN)c2cccnc21. The maximum atomic E-state index is 5.70. The van der Waals surface area contributed by atoms with Crippen LogP contribution in [0.25, 0.3) is 11.0 Å². The molecule has 0 fully saturated rings. The molecule has 6 nitrogen and oxygen atoms in total. The van der Waals surface area contributed by atoms with Crippen LogP contribution >= 0.6 is 0 Å². The van der Waals surface area contributed by atoms with Crippen LogP contribution in [0.3, 0.4) is 0 Å². The third-order valence-electron chi connectivity index (χ3n) is 3.57. The number of hydrogen-bond acceptors (Lipinski definition) is 4. The highest BCUT2D eigenvalue weighted by Crippen LogP contribution is 2.20. The van der Waals surface area contributed by atoms with Gasteiger partial charge >= 0.3 is 0 Å². The summed E-state index contributed by atoms with van der Waals surface area (Å²) in [4.78, 5) is 8.88. The van der Waals surface area contributed by atoms with Crippen LogP contribution in [0.1, 0.15) is 24.7 Å². The Morgan fingerprint density at radius 1 is 1.29 bits per heavy atom. The van der Waals surface area contributed by atoms with E-state index in [1.54, 1.807) is 6.33 Å². The molecule has 0 spiro atoms. The fourth-order valence-electron chi connectivity index (χ4n) is 2.63. The van der Waals surface area contributed by atoms with Crippen molar-refractivity contribution in [1.82, 2.24) is 24.3 Å². The Morgan fingerprint density at radius 2 is 2.19 bits per heavy atom. The summed E-state index contributed by atoms with van der Waals surface area (Å²) in [5.74, 6) is 0.957. The zero-order chi connectivity index (χ0) is 14.7. The van der Waals surface area contributed by atoms with Crippen LogP contribution < -0.4 is 5.73 Å². The number of nitrogens with zero attached hydrogens (tertiary/aromatic N) is 5. The van der Waals surface area contributed by atoms with Gasteiger partial charge in [0, 0.05) is 24.3 Å². The third kappa shape index (κ3) is 2.67. The van der Waals surface area contributed by atoms with Crippen molar-refractivity contribution >= 4 is 11.0 Å². The monoisotopic (exact) mass is 284 g/mol. The van der Waals surface area contributed by atoms with E-state index in [1.807, 2.05) is 16.9 Å². The molecule has 21 heavy (non-hydrogen) atoms. The first kappa shape index (κ1) is 13.8. The molecule has 0 aliphatic heterocycles. The highest BCUT2D eigenvalue weighted by Gasteiger charge is 2.11. The second kappa shape index (κ2) is 6.05. The van der Waals surface area contributed by atoms with E-state index in [2.05, 4.69) is 38.8 Å². The Morgan fingerprint density at radius 3 is 3.00 bits per heavy atom. The molecule has 0 saturated carbocycles. The van der Waals surface area contributed by atoms with Crippen LogP contribution in [0.4, 0.5) is 0 Å². The van der Waals surface area contributed by atoms with Crippen molar-refractivity contribution in [2.24, 2.45) is 5.73 Å². The quantitative estimate of drug-likeness (QED) is 0.746. The van der Waals surface area contributed by atoms with E-state index in [4.69, 9.17) is 5.73 Å². The normalized spacial score (nSPS) is 11.3. The predicted octanol–water partition coefficient (Wildman–Crippen LogP) is 1.59. The molecule has 0 unspecified atom stereocenters. The van der Waals surface area contributed by atoms with E-state index in [0.29, 0.717) is 13.1 Å². The summed E-state index contributed by atoms with van der Waals surface area (Å²) in [6, 6.07) is 4.06. The minimum atomic E-state index is 0.639. The molecule has 0 radical (unpaired) electrons. The topological polar surface area (TPSA) is 74.5 Å². The standard InChI is InChI=1S/C15H20N6/c1-2-8-21-14(18-11-19-21)10-20-9-12(5-6-16)13-4-3-7-17-15(13)20/h3-4,7,9,11H,2,5-6,8,10,16H2,1H3. The summed E-state index contributed by atoms with van der Waals surface area (Å²) >= 11 is 0. The van der Waals surface area contributed by atoms with Crippen LogP contribution in [0.5, 0.6) is 0 Å². The zero-order valence-electron chi connectivity index (χ0n) is 12.2. The first-order valence-corrected chi connectivity index (χ1v) is 7.33. The Kier molecular flexibility index (Phi) is 3.96. The Bertz CT molecular complexity index is 727. The second-order valence-corrected chi connectivity index (χ2v) is 5.09. The van der Waals surface area contributed by atoms with E-state index >= 15 is 0 Å². The van der Waals surface area contributed by atoms with Crippen molar-refractivity contribution in [2.45, 2.75) is 32.9 Å². The van der Waals surface area contributed by atoms with Gasteiger partial charge in [0.1, 0.15) is 17.8 Å². The molecule has 0 bridgehead atoms. The van der Waals surface area contributed by atoms with E-state index in [-0.39, 0.29) is 0 Å². The van der Waals surface area contributed by atoms with E-state index < -0.39 is 0 Å². The first-order valence-electron chi connectivity index (χ1n) is 7.33. The molecule has 0 aliphatic rings. The summed E-state index contributed by atoms with van der Waals surface area (Å²) in [5.41, 5.74) is 7.92.